The van der Waals surface area contributed by atoms with Crippen LogP contribution in [0.2, 0.25) is 0 Å². The molecule has 1 aliphatic carbocycles. The Bertz CT molecular complexity index is 314. The molecule has 0 aromatic carbocycles. The summed E-state index contributed by atoms with van der Waals surface area (Å²) in [7, 11) is -2.56. The SMILES string of the molecule is CN=NC1CC(N)CCC1S(=O)(=O)O. The van der Waals surface area contributed by atoms with Crippen molar-refractivity contribution in [2.45, 2.75) is 36.6 Å². The topological polar surface area (TPSA) is 105 Å². The molecule has 3 N–H and O–H groups in total. The molecular weight excluding hydrogens is 206 g/mol. The van der Waals surface area contributed by atoms with E-state index < -0.39 is 21.4 Å². The number of azo groups is 1. The van der Waals surface area contributed by atoms with Crippen molar-refractivity contribution in [2.75, 3.05) is 7.05 Å². The Morgan fingerprint density at radius 3 is 2.57 bits per heavy atom. The van der Waals surface area contributed by atoms with Crippen LogP contribution in [0.4, 0.5) is 0 Å². The Balaban J connectivity index is 2.83. The smallest absolute Gasteiger partial charge is 0.269 e. The number of hydrogen-bond acceptors (Lipinski definition) is 5. The molecule has 1 fully saturated rings. The maximum Gasteiger partial charge on any atom is 0.269 e. The van der Waals surface area contributed by atoms with Crippen LogP contribution in [0.15, 0.2) is 10.2 Å². The van der Waals surface area contributed by atoms with Gasteiger partial charge < -0.3 is 5.73 Å². The van der Waals surface area contributed by atoms with Crippen molar-refractivity contribution < 1.29 is 13.0 Å². The van der Waals surface area contributed by atoms with Crippen molar-refractivity contribution >= 4 is 10.1 Å². The molecule has 0 bridgehead atoms. The number of nitrogens with two attached hydrogens (primary N) is 1. The first-order chi connectivity index (χ1) is 6.45. The van der Waals surface area contributed by atoms with Crippen molar-refractivity contribution in [3.63, 3.8) is 0 Å². The number of rotatable bonds is 2. The molecular formula is C7H15N3O3S. The summed E-state index contributed by atoms with van der Waals surface area (Å²) in [5, 5.41) is 6.50. The summed E-state index contributed by atoms with van der Waals surface area (Å²) in [5.41, 5.74) is 5.68. The summed E-state index contributed by atoms with van der Waals surface area (Å²) in [4.78, 5) is 0. The van der Waals surface area contributed by atoms with Gasteiger partial charge in [-0.25, -0.2) is 0 Å². The second kappa shape index (κ2) is 4.33. The summed E-state index contributed by atoms with van der Waals surface area (Å²) < 4.78 is 30.9. The fourth-order valence-corrected chi connectivity index (χ4v) is 2.76. The van der Waals surface area contributed by atoms with Crippen molar-refractivity contribution in [2.24, 2.45) is 16.0 Å². The van der Waals surface area contributed by atoms with Gasteiger partial charge in [0.05, 0.1) is 6.04 Å². The molecule has 7 heteroatoms. The van der Waals surface area contributed by atoms with Gasteiger partial charge in [-0.2, -0.15) is 18.6 Å². The molecule has 6 nitrogen and oxygen atoms in total. The predicted octanol–water partition coefficient (Wildman–Crippen LogP) is 0.205. The average Bonchev–Trinajstić information content (AvgIpc) is 2.02. The van der Waals surface area contributed by atoms with E-state index in [1.54, 1.807) is 0 Å². The zero-order chi connectivity index (χ0) is 10.8. The Morgan fingerprint density at radius 1 is 1.43 bits per heavy atom. The van der Waals surface area contributed by atoms with Gasteiger partial charge >= 0.3 is 0 Å². The molecule has 0 aliphatic heterocycles. The quantitative estimate of drug-likeness (QED) is 0.513. The lowest BCUT2D eigenvalue weighted by atomic mass is 9.92. The van der Waals surface area contributed by atoms with Crippen LogP contribution in [0.25, 0.3) is 0 Å². The highest BCUT2D eigenvalue weighted by Crippen LogP contribution is 2.25. The molecule has 14 heavy (non-hydrogen) atoms. The average molecular weight is 221 g/mol. The highest BCUT2D eigenvalue weighted by atomic mass is 32.2. The van der Waals surface area contributed by atoms with Crippen LogP contribution in [0.3, 0.4) is 0 Å². The Hall–Kier alpha value is -0.530. The Morgan fingerprint density at radius 2 is 2.07 bits per heavy atom. The van der Waals surface area contributed by atoms with E-state index in [1.807, 2.05) is 0 Å². The van der Waals surface area contributed by atoms with Gasteiger partial charge in [-0.05, 0) is 19.3 Å². The van der Waals surface area contributed by atoms with Crippen LogP contribution < -0.4 is 5.73 Å². The number of hydrogen-bond donors (Lipinski definition) is 2. The predicted molar refractivity (Wildman–Crippen MR) is 51.7 cm³/mol. The molecule has 0 aromatic heterocycles. The van der Waals surface area contributed by atoms with Gasteiger partial charge in [0, 0.05) is 13.1 Å². The summed E-state index contributed by atoms with van der Waals surface area (Å²) in [5.74, 6) is 0. The second-order valence-corrected chi connectivity index (χ2v) is 5.14. The van der Waals surface area contributed by atoms with Crippen LogP contribution in [0, 0.1) is 0 Å². The first-order valence-corrected chi connectivity index (χ1v) is 5.96. The van der Waals surface area contributed by atoms with Crippen molar-refractivity contribution in [3.05, 3.63) is 0 Å². The Kier molecular flexibility index (Phi) is 3.57. The number of nitrogens with zero attached hydrogens (tertiary/aromatic N) is 2. The summed E-state index contributed by atoms with van der Waals surface area (Å²) in [6, 6.07) is -0.553. The molecule has 3 unspecified atom stereocenters. The molecule has 1 saturated carbocycles. The van der Waals surface area contributed by atoms with Gasteiger partial charge in [0.1, 0.15) is 5.25 Å². The molecule has 3 atom stereocenters. The standard InChI is InChI=1S/C7H15N3O3S/c1-9-10-6-4-5(8)2-3-7(6)14(11,12)13/h5-7H,2-4,8H2,1H3,(H,11,12,13). The van der Waals surface area contributed by atoms with Crippen LogP contribution in [-0.4, -0.2) is 37.4 Å². The minimum Gasteiger partial charge on any atom is -0.328 e. The van der Waals surface area contributed by atoms with Crippen LogP contribution >= 0.6 is 0 Å². The molecule has 0 aromatic rings. The normalized spacial score (nSPS) is 34.9. The summed E-state index contributed by atoms with van der Waals surface area (Å²) >= 11 is 0. The maximum atomic E-state index is 11.0. The lowest BCUT2D eigenvalue weighted by Crippen LogP contribution is -2.42. The molecule has 1 rings (SSSR count). The van der Waals surface area contributed by atoms with Crippen molar-refractivity contribution in [1.29, 1.82) is 0 Å². The first-order valence-electron chi connectivity index (χ1n) is 4.46. The van der Waals surface area contributed by atoms with Crippen LogP contribution in [-0.2, 0) is 10.1 Å². The van der Waals surface area contributed by atoms with E-state index in [4.69, 9.17) is 10.3 Å². The molecule has 0 radical (unpaired) electrons. The van der Waals surface area contributed by atoms with Gasteiger partial charge in [0.2, 0.25) is 0 Å². The third-order valence-electron chi connectivity index (χ3n) is 2.44. The Labute approximate surface area is 83.3 Å². The third-order valence-corrected chi connectivity index (χ3v) is 3.76. The third kappa shape index (κ3) is 2.73. The lowest BCUT2D eigenvalue weighted by Gasteiger charge is -2.29. The molecule has 1 aliphatic rings. The van der Waals surface area contributed by atoms with Crippen LogP contribution in [0.5, 0.6) is 0 Å². The van der Waals surface area contributed by atoms with E-state index in [9.17, 15) is 8.42 Å². The zero-order valence-electron chi connectivity index (χ0n) is 8.00. The summed E-state index contributed by atoms with van der Waals surface area (Å²) in [6.45, 7) is 0. The maximum absolute atomic E-state index is 11.0. The van der Waals surface area contributed by atoms with Gasteiger partial charge in [-0.1, -0.05) is 0 Å². The van der Waals surface area contributed by atoms with Crippen molar-refractivity contribution in [3.8, 4) is 0 Å². The van der Waals surface area contributed by atoms with Gasteiger partial charge in [0.15, 0.2) is 0 Å². The molecule has 0 amide bonds. The molecule has 0 saturated heterocycles. The fourth-order valence-electron chi connectivity index (χ4n) is 1.77. The minimum atomic E-state index is -4.03. The van der Waals surface area contributed by atoms with Gasteiger partial charge in [0.25, 0.3) is 10.1 Å². The first kappa shape index (κ1) is 11.5. The molecule has 0 heterocycles. The van der Waals surface area contributed by atoms with E-state index >= 15 is 0 Å². The van der Waals surface area contributed by atoms with E-state index in [2.05, 4.69) is 10.2 Å². The lowest BCUT2D eigenvalue weighted by molar-refractivity contribution is 0.360. The van der Waals surface area contributed by atoms with Crippen molar-refractivity contribution in [1.82, 2.24) is 0 Å². The fraction of sp³-hybridized carbons (Fsp3) is 1.00. The molecule has 0 spiro atoms. The molecule has 82 valence electrons. The van der Waals surface area contributed by atoms with Crippen LogP contribution in [0.1, 0.15) is 19.3 Å². The van der Waals surface area contributed by atoms with Gasteiger partial charge in [-0.15, -0.1) is 0 Å². The minimum absolute atomic E-state index is 0.0523. The monoisotopic (exact) mass is 221 g/mol. The second-order valence-electron chi connectivity index (χ2n) is 3.51. The highest BCUT2D eigenvalue weighted by molar-refractivity contribution is 7.86. The van der Waals surface area contributed by atoms with E-state index in [1.165, 1.54) is 7.05 Å². The van der Waals surface area contributed by atoms with Gasteiger partial charge in [-0.3, -0.25) is 4.55 Å². The van der Waals surface area contributed by atoms with E-state index in [-0.39, 0.29) is 6.04 Å². The highest BCUT2D eigenvalue weighted by Gasteiger charge is 2.37. The zero-order valence-corrected chi connectivity index (χ0v) is 8.81. The van der Waals surface area contributed by atoms with E-state index in [0.717, 1.165) is 0 Å². The summed E-state index contributed by atoms with van der Waals surface area (Å²) in [6.07, 6.45) is 1.41. The largest absolute Gasteiger partial charge is 0.328 e. The van der Waals surface area contributed by atoms with E-state index in [0.29, 0.717) is 19.3 Å².